The summed E-state index contributed by atoms with van der Waals surface area (Å²) in [5.41, 5.74) is 0.792. The zero-order valence-corrected chi connectivity index (χ0v) is 8.50. The van der Waals surface area contributed by atoms with Crippen molar-refractivity contribution >= 4 is 5.96 Å². The first kappa shape index (κ1) is 9.89. The average Bonchev–Trinajstić information content (AvgIpc) is 2.64. The summed E-state index contributed by atoms with van der Waals surface area (Å²) in [5.74, 6) is 0.470. The van der Waals surface area contributed by atoms with Crippen LogP contribution in [0.4, 0.5) is 4.39 Å². The molecule has 0 saturated carbocycles. The molecule has 1 aromatic heterocycles. The van der Waals surface area contributed by atoms with Crippen molar-refractivity contribution in [3.63, 3.8) is 0 Å². The van der Waals surface area contributed by atoms with Gasteiger partial charge in [-0.25, -0.2) is 4.39 Å². The maximum absolute atomic E-state index is 12.6. The second-order valence-electron chi connectivity index (χ2n) is 3.56. The van der Waals surface area contributed by atoms with Gasteiger partial charge in [0.2, 0.25) is 0 Å². The largest absolute Gasteiger partial charge is 0.352 e. The van der Waals surface area contributed by atoms with Crippen LogP contribution in [0.2, 0.25) is 0 Å². The Morgan fingerprint density at radius 2 is 2.47 bits per heavy atom. The summed E-state index contributed by atoms with van der Waals surface area (Å²) in [6.45, 7) is 3.41. The van der Waals surface area contributed by atoms with Crippen molar-refractivity contribution in [2.75, 3.05) is 6.54 Å². The predicted octanol–water partition coefficient (Wildman–Crippen LogP) is 0.658. The number of aliphatic imine (C=N–C) groups is 1. The third-order valence-corrected chi connectivity index (χ3v) is 2.13. The van der Waals surface area contributed by atoms with Crippen molar-refractivity contribution in [3.8, 4) is 0 Å². The summed E-state index contributed by atoms with van der Waals surface area (Å²) in [4.78, 5) is 8.18. The zero-order valence-electron chi connectivity index (χ0n) is 8.50. The molecule has 1 aromatic rings. The highest BCUT2D eigenvalue weighted by Gasteiger charge is 2.11. The Balaban J connectivity index is 1.86. The van der Waals surface area contributed by atoms with Gasteiger partial charge in [-0.15, -0.1) is 0 Å². The van der Waals surface area contributed by atoms with E-state index in [0.717, 1.165) is 18.2 Å². The fraction of sp³-hybridized carbons (Fsp3) is 0.400. The number of guanidine groups is 1. The van der Waals surface area contributed by atoms with E-state index in [2.05, 4.69) is 27.5 Å². The SMILES string of the molecule is CC1CN=C(NCc2ccc(F)cn2)N1. The molecule has 1 atom stereocenters. The van der Waals surface area contributed by atoms with Crippen molar-refractivity contribution in [1.82, 2.24) is 15.6 Å². The first-order valence-electron chi connectivity index (χ1n) is 4.89. The van der Waals surface area contributed by atoms with Gasteiger partial charge in [0.15, 0.2) is 5.96 Å². The maximum atomic E-state index is 12.6. The van der Waals surface area contributed by atoms with Crippen molar-refractivity contribution in [2.24, 2.45) is 4.99 Å². The van der Waals surface area contributed by atoms with Crippen LogP contribution < -0.4 is 10.6 Å². The fourth-order valence-electron chi connectivity index (χ4n) is 1.35. The molecule has 5 heteroatoms. The van der Waals surface area contributed by atoms with E-state index in [1.165, 1.54) is 12.3 Å². The normalized spacial score (nSPS) is 19.6. The molecule has 15 heavy (non-hydrogen) atoms. The number of pyridine rings is 1. The van der Waals surface area contributed by atoms with Crippen LogP contribution in [0.5, 0.6) is 0 Å². The van der Waals surface area contributed by atoms with Crippen LogP contribution >= 0.6 is 0 Å². The smallest absolute Gasteiger partial charge is 0.191 e. The lowest BCUT2D eigenvalue weighted by Gasteiger charge is -2.07. The van der Waals surface area contributed by atoms with E-state index in [1.54, 1.807) is 6.07 Å². The minimum Gasteiger partial charge on any atom is -0.352 e. The van der Waals surface area contributed by atoms with Crippen LogP contribution in [0.3, 0.4) is 0 Å². The van der Waals surface area contributed by atoms with Gasteiger partial charge in [0.25, 0.3) is 0 Å². The quantitative estimate of drug-likeness (QED) is 0.750. The third kappa shape index (κ3) is 2.65. The molecule has 2 rings (SSSR count). The molecule has 0 fully saturated rings. The molecular formula is C10H13FN4. The molecule has 0 aliphatic carbocycles. The fourth-order valence-corrected chi connectivity index (χ4v) is 1.35. The molecule has 0 aromatic carbocycles. The van der Waals surface area contributed by atoms with Crippen LogP contribution in [0.1, 0.15) is 12.6 Å². The number of aromatic nitrogens is 1. The Morgan fingerprint density at radius 1 is 1.60 bits per heavy atom. The second kappa shape index (κ2) is 4.25. The summed E-state index contributed by atoms with van der Waals surface area (Å²) >= 11 is 0. The van der Waals surface area contributed by atoms with Crippen LogP contribution in [-0.2, 0) is 6.54 Å². The molecule has 0 amide bonds. The highest BCUT2D eigenvalue weighted by Crippen LogP contribution is 1.98. The molecule has 1 aliphatic heterocycles. The summed E-state index contributed by atoms with van der Waals surface area (Å²) in [5, 5.41) is 6.27. The summed E-state index contributed by atoms with van der Waals surface area (Å²) in [6.07, 6.45) is 1.21. The lowest BCUT2D eigenvalue weighted by atomic mass is 10.3. The molecule has 0 bridgehead atoms. The Morgan fingerprint density at radius 3 is 3.07 bits per heavy atom. The van der Waals surface area contributed by atoms with Crippen molar-refractivity contribution in [2.45, 2.75) is 19.5 Å². The summed E-state index contributed by atoms with van der Waals surface area (Å²) in [7, 11) is 0. The van der Waals surface area contributed by atoms with Crippen LogP contribution in [-0.4, -0.2) is 23.5 Å². The van der Waals surface area contributed by atoms with Gasteiger partial charge in [-0.05, 0) is 19.1 Å². The van der Waals surface area contributed by atoms with E-state index < -0.39 is 0 Å². The van der Waals surface area contributed by atoms with E-state index in [1.807, 2.05) is 0 Å². The number of hydrogen-bond acceptors (Lipinski definition) is 4. The Labute approximate surface area is 87.6 Å². The molecular weight excluding hydrogens is 195 g/mol. The van der Waals surface area contributed by atoms with Gasteiger partial charge in [-0.3, -0.25) is 9.98 Å². The lowest BCUT2D eigenvalue weighted by molar-refractivity contribution is 0.618. The monoisotopic (exact) mass is 208 g/mol. The number of nitrogens with zero attached hydrogens (tertiary/aromatic N) is 2. The highest BCUT2D eigenvalue weighted by atomic mass is 19.1. The molecule has 80 valence electrons. The van der Waals surface area contributed by atoms with Gasteiger partial charge in [0, 0.05) is 6.04 Å². The molecule has 4 nitrogen and oxygen atoms in total. The number of halogens is 1. The minimum absolute atomic E-state index is 0.316. The molecule has 2 heterocycles. The number of nitrogens with one attached hydrogen (secondary N) is 2. The Bertz CT molecular complexity index is 360. The Kier molecular flexibility index (Phi) is 2.80. The maximum Gasteiger partial charge on any atom is 0.191 e. The number of rotatable bonds is 2. The molecule has 2 N–H and O–H groups in total. The molecule has 0 saturated heterocycles. The first-order chi connectivity index (χ1) is 7.24. The standard InChI is InChI=1S/C10H13FN4/c1-7-4-13-10(15-7)14-6-9-3-2-8(11)5-12-9/h2-3,5,7H,4,6H2,1H3,(H2,13,14,15). The summed E-state index contributed by atoms with van der Waals surface area (Å²) in [6, 6.07) is 3.44. The van der Waals surface area contributed by atoms with Crippen LogP contribution in [0.25, 0.3) is 0 Å². The van der Waals surface area contributed by atoms with Crippen LogP contribution in [0, 0.1) is 5.82 Å². The van der Waals surface area contributed by atoms with Crippen LogP contribution in [0.15, 0.2) is 23.3 Å². The van der Waals surface area contributed by atoms with Crippen molar-refractivity contribution in [3.05, 3.63) is 29.8 Å². The number of hydrogen-bond donors (Lipinski definition) is 2. The van der Waals surface area contributed by atoms with E-state index in [0.29, 0.717) is 12.6 Å². The van der Waals surface area contributed by atoms with Gasteiger partial charge < -0.3 is 10.6 Å². The second-order valence-corrected chi connectivity index (χ2v) is 3.56. The molecule has 0 radical (unpaired) electrons. The van der Waals surface area contributed by atoms with E-state index in [4.69, 9.17) is 0 Å². The third-order valence-electron chi connectivity index (χ3n) is 2.13. The van der Waals surface area contributed by atoms with E-state index in [-0.39, 0.29) is 5.82 Å². The van der Waals surface area contributed by atoms with E-state index >= 15 is 0 Å². The zero-order chi connectivity index (χ0) is 10.7. The van der Waals surface area contributed by atoms with Gasteiger partial charge in [0.1, 0.15) is 5.82 Å². The molecule has 1 unspecified atom stereocenters. The topological polar surface area (TPSA) is 49.3 Å². The van der Waals surface area contributed by atoms with E-state index in [9.17, 15) is 4.39 Å². The predicted molar refractivity (Wildman–Crippen MR) is 55.9 cm³/mol. The van der Waals surface area contributed by atoms with Crippen molar-refractivity contribution in [1.29, 1.82) is 0 Å². The first-order valence-corrected chi connectivity index (χ1v) is 4.89. The van der Waals surface area contributed by atoms with Gasteiger partial charge in [-0.2, -0.15) is 0 Å². The molecule has 1 aliphatic rings. The minimum atomic E-state index is -0.316. The Hall–Kier alpha value is -1.65. The van der Waals surface area contributed by atoms with Gasteiger partial charge in [0.05, 0.1) is 25.0 Å². The average molecular weight is 208 g/mol. The van der Waals surface area contributed by atoms with Gasteiger partial charge >= 0.3 is 0 Å². The highest BCUT2D eigenvalue weighted by molar-refractivity contribution is 5.81. The molecule has 0 spiro atoms. The lowest BCUT2D eigenvalue weighted by Crippen LogP contribution is -2.37. The van der Waals surface area contributed by atoms with Gasteiger partial charge in [-0.1, -0.05) is 0 Å². The van der Waals surface area contributed by atoms with Crippen molar-refractivity contribution < 1.29 is 4.39 Å². The summed E-state index contributed by atoms with van der Waals surface area (Å²) < 4.78 is 12.6.